The number of amides is 1. The third-order valence-corrected chi connectivity index (χ3v) is 5.51. The van der Waals surface area contributed by atoms with E-state index in [-0.39, 0.29) is 18.3 Å². The van der Waals surface area contributed by atoms with Crippen molar-refractivity contribution in [2.24, 2.45) is 0 Å². The first-order valence-corrected chi connectivity index (χ1v) is 9.97. The Labute approximate surface area is 176 Å². The molecule has 0 spiro atoms. The first kappa shape index (κ1) is 22.7. The Bertz CT molecular complexity index is 949. The predicted octanol–water partition coefficient (Wildman–Crippen LogP) is 4.30. The summed E-state index contributed by atoms with van der Waals surface area (Å²) in [6.45, 7) is 9.63. The molecule has 2 aromatic rings. The highest BCUT2D eigenvalue weighted by atomic mass is 35.5. The zero-order valence-electron chi connectivity index (χ0n) is 17.7. The van der Waals surface area contributed by atoms with Crippen LogP contribution in [0.4, 0.5) is 0 Å². The maximum Gasteiger partial charge on any atom is 0.355 e. The number of aromatic nitrogens is 1. The SMILES string of the molecule is CCOC(=O)c1c(C)c(C(=O)C(C)N(C)C(=O)c2ccccc2Cl)c(C)n1CC. The summed E-state index contributed by atoms with van der Waals surface area (Å²) in [7, 11) is 1.57. The van der Waals surface area contributed by atoms with Crippen molar-refractivity contribution in [3.63, 3.8) is 0 Å². The van der Waals surface area contributed by atoms with Gasteiger partial charge in [0, 0.05) is 24.8 Å². The average molecular weight is 419 g/mol. The van der Waals surface area contributed by atoms with Crippen molar-refractivity contribution in [1.29, 1.82) is 0 Å². The maximum atomic E-state index is 13.3. The molecule has 1 aromatic carbocycles. The number of hydrogen-bond acceptors (Lipinski definition) is 4. The summed E-state index contributed by atoms with van der Waals surface area (Å²) < 4.78 is 6.95. The molecular weight excluding hydrogens is 392 g/mol. The summed E-state index contributed by atoms with van der Waals surface area (Å²) in [5.41, 5.74) is 2.41. The Kier molecular flexibility index (Phi) is 7.25. The van der Waals surface area contributed by atoms with Crippen LogP contribution in [0.1, 0.15) is 63.2 Å². The smallest absolute Gasteiger partial charge is 0.355 e. The molecule has 0 saturated heterocycles. The van der Waals surface area contributed by atoms with Crippen LogP contribution in [0.25, 0.3) is 0 Å². The quantitative estimate of drug-likeness (QED) is 0.496. The van der Waals surface area contributed by atoms with Gasteiger partial charge in [0.1, 0.15) is 5.69 Å². The van der Waals surface area contributed by atoms with Crippen LogP contribution in [0.2, 0.25) is 5.02 Å². The fourth-order valence-electron chi connectivity index (χ4n) is 3.50. The molecule has 1 amide bonds. The predicted molar refractivity (Wildman–Crippen MR) is 113 cm³/mol. The molecule has 1 atom stereocenters. The molecular formula is C22H27ClN2O4. The molecule has 7 heteroatoms. The molecule has 6 nitrogen and oxygen atoms in total. The van der Waals surface area contributed by atoms with Crippen molar-refractivity contribution in [1.82, 2.24) is 9.47 Å². The number of benzene rings is 1. The summed E-state index contributed by atoms with van der Waals surface area (Å²) in [6.07, 6.45) is 0. The summed E-state index contributed by atoms with van der Waals surface area (Å²) in [5.74, 6) is -1.03. The minimum Gasteiger partial charge on any atom is -0.461 e. The highest BCUT2D eigenvalue weighted by Crippen LogP contribution is 2.26. The van der Waals surface area contributed by atoms with E-state index in [0.29, 0.717) is 39.6 Å². The van der Waals surface area contributed by atoms with Gasteiger partial charge in [-0.1, -0.05) is 23.7 Å². The number of ketones is 1. The number of Topliss-reactive ketones (excluding diaryl/α,β-unsaturated/α-hetero) is 1. The van der Waals surface area contributed by atoms with E-state index in [0.717, 1.165) is 0 Å². The van der Waals surface area contributed by atoms with E-state index >= 15 is 0 Å². The Morgan fingerprint density at radius 3 is 2.34 bits per heavy atom. The molecule has 1 unspecified atom stereocenters. The normalized spacial score (nSPS) is 11.8. The van der Waals surface area contributed by atoms with E-state index in [9.17, 15) is 14.4 Å². The number of esters is 1. The lowest BCUT2D eigenvalue weighted by molar-refractivity contribution is 0.0512. The van der Waals surface area contributed by atoms with E-state index in [1.165, 1.54) is 4.90 Å². The minimum atomic E-state index is -0.737. The topological polar surface area (TPSA) is 68.6 Å². The molecule has 0 radical (unpaired) electrons. The second-order valence-corrected chi connectivity index (χ2v) is 7.24. The van der Waals surface area contributed by atoms with Gasteiger partial charge in [0.15, 0.2) is 5.78 Å². The fraction of sp³-hybridized carbons (Fsp3) is 0.409. The molecule has 1 heterocycles. The van der Waals surface area contributed by atoms with Gasteiger partial charge in [-0.05, 0) is 52.3 Å². The minimum absolute atomic E-state index is 0.236. The second-order valence-electron chi connectivity index (χ2n) is 6.83. The maximum absolute atomic E-state index is 13.3. The Balaban J connectivity index is 2.42. The number of rotatable bonds is 7. The standard InChI is InChI=1S/C22H27ClN2O4/c1-7-25-14(4)18(13(3)19(25)22(28)29-8-2)20(26)15(5)24(6)21(27)16-11-9-10-12-17(16)23/h9-12,15H,7-8H2,1-6H3. The fourth-order valence-corrected chi connectivity index (χ4v) is 3.72. The molecule has 0 aliphatic heterocycles. The average Bonchev–Trinajstić information content (AvgIpc) is 2.95. The van der Waals surface area contributed by atoms with Crippen molar-refractivity contribution < 1.29 is 19.1 Å². The Hall–Kier alpha value is -2.60. The van der Waals surface area contributed by atoms with Crippen molar-refractivity contribution in [2.75, 3.05) is 13.7 Å². The molecule has 0 saturated carbocycles. The molecule has 0 bridgehead atoms. The van der Waals surface area contributed by atoms with Gasteiger partial charge in [-0.2, -0.15) is 0 Å². The lowest BCUT2D eigenvalue weighted by atomic mass is 9.99. The third-order valence-electron chi connectivity index (χ3n) is 5.18. The largest absolute Gasteiger partial charge is 0.461 e. The highest BCUT2D eigenvalue weighted by molar-refractivity contribution is 6.33. The zero-order valence-corrected chi connectivity index (χ0v) is 18.5. The van der Waals surface area contributed by atoms with Gasteiger partial charge in [0.05, 0.1) is 23.2 Å². The van der Waals surface area contributed by atoms with Gasteiger partial charge >= 0.3 is 5.97 Å². The van der Waals surface area contributed by atoms with Crippen molar-refractivity contribution in [3.8, 4) is 0 Å². The summed E-state index contributed by atoms with van der Waals surface area (Å²) >= 11 is 6.14. The summed E-state index contributed by atoms with van der Waals surface area (Å²) in [5, 5.41) is 0.332. The van der Waals surface area contributed by atoms with Crippen LogP contribution in [0.5, 0.6) is 0 Å². The molecule has 0 aliphatic rings. The first-order chi connectivity index (χ1) is 13.7. The van der Waals surface area contributed by atoms with E-state index in [2.05, 4.69) is 0 Å². The number of ether oxygens (including phenoxy) is 1. The van der Waals surface area contributed by atoms with Crippen molar-refractivity contribution >= 4 is 29.3 Å². The first-order valence-electron chi connectivity index (χ1n) is 9.59. The van der Waals surface area contributed by atoms with Crippen molar-refractivity contribution in [3.05, 3.63) is 57.4 Å². The van der Waals surface area contributed by atoms with Gasteiger partial charge in [-0.15, -0.1) is 0 Å². The molecule has 0 aliphatic carbocycles. The number of likely N-dealkylation sites (N-methyl/N-ethyl adjacent to an activating group) is 1. The third kappa shape index (κ3) is 4.22. The van der Waals surface area contributed by atoms with Gasteiger partial charge in [0.2, 0.25) is 0 Å². The van der Waals surface area contributed by atoms with Gasteiger partial charge in [-0.25, -0.2) is 4.79 Å². The number of carbonyl (C=O) groups excluding carboxylic acids is 3. The van der Waals surface area contributed by atoms with E-state index in [1.54, 1.807) is 63.6 Å². The van der Waals surface area contributed by atoms with Crippen LogP contribution in [0.15, 0.2) is 24.3 Å². The Morgan fingerprint density at radius 2 is 1.79 bits per heavy atom. The van der Waals surface area contributed by atoms with Crippen LogP contribution < -0.4 is 0 Å². The molecule has 0 fully saturated rings. The molecule has 1 aromatic heterocycles. The molecule has 0 N–H and O–H groups in total. The molecule has 156 valence electrons. The highest BCUT2D eigenvalue weighted by Gasteiger charge is 2.32. The summed E-state index contributed by atoms with van der Waals surface area (Å²) in [4.78, 5) is 40.0. The van der Waals surface area contributed by atoms with Gasteiger partial charge in [-0.3, -0.25) is 9.59 Å². The van der Waals surface area contributed by atoms with Crippen LogP contribution >= 0.6 is 11.6 Å². The van der Waals surface area contributed by atoms with Crippen LogP contribution in [0.3, 0.4) is 0 Å². The Morgan fingerprint density at radius 1 is 1.17 bits per heavy atom. The molecule has 29 heavy (non-hydrogen) atoms. The number of carbonyl (C=O) groups is 3. The van der Waals surface area contributed by atoms with Crippen LogP contribution in [-0.2, 0) is 11.3 Å². The van der Waals surface area contributed by atoms with Crippen LogP contribution in [0, 0.1) is 13.8 Å². The number of hydrogen-bond donors (Lipinski definition) is 0. The van der Waals surface area contributed by atoms with E-state index < -0.39 is 12.0 Å². The lowest BCUT2D eigenvalue weighted by Gasteiger charge is -2.24. The van der Waals surface area contributed by atoms with Crippen molar-refractivity contribution in [2.45, 2.75) is 47.2 Å². The van der Waals surface area contributed by atoms with Crippen LogP contribution in [-0.4, -0.2) is 46.8 Å². The summed E-state index contributed by atoms with van der Waals surface area (Å²) in [6, 6.07) is 5.99. The number of halogens is 1. The molecule has 2 rings (SSSR count). The zero-order chi connectivity index (χ0) is 21.9. The number of nitrogens with zero attached hydrogens (tertiary/aromatic N) is 2. The van der Waals surface area contributed by atoms with E-state index in [1.807, 2.05) is 6.92 Å². The second kappa shape index (κ2) is 9.27. The monoisotopic (exact) mass is 418 g/mol. The van der Waals surface area contributed by atoms with Gasteiger partial charge in [0.25, 0.3) is 5.91 Å². The van der Waals surface area contributed by atoms with E-state index in [4.69, 9.17) is 16.3 Å². The van der Waals surface area contributed by atoms with Gasteiger partial charge < -0.3 is 14.2 Å². The lowest BCUT2D eigenvalue weighted by Crippen LogP contribution is -2.40.